The van der Waals surface area contributed by atoms with Crippen molar-refractivity contribution >= 4 is 62.1 Å². The quantitative estimate of drug-likeness (QED) is 0.180. The number of rotatable bonds is 4. The Labute approximate surface area is 265 Å². The minimum absolute atomic E-state index is 0.238. The Morgan fingerprint density at radius 1 is 0.907 bits per heavy atom. The van der Waals surface area contributed by atoms with E-state index in [9.17, 15) is 22.1 Å². The molecule has 3 aliphatic rings. The first kappa shape index (κ1) is 32.5. The summed E-state index contributed by atoms with van der Waals surface area (Å²) >= 11 is 7.17. The molecule has 43 heavy (non-hydrogen) atoms. The summed E-state index contributed by atoms with van der Waals surface area (Å²) in [5.74, 6) is 1.82. The van der Waals surface area contributed by atoms with Crippen LogP contribution in [-0.4, -0.2) is 54.5 Å². The van der Waals surface area contributed by atoms with E-state index in [0.717, 1.165) is 68.9 Å². The molecule has 0 radical (unpaired) electrons. The summed E-state index contributed by atoms with van der Waals surface area (Å²) in [4.78, 5) is 13.9. The molecule has 1 amide bonds. The smallest absolute Gasteiger partial charge is 0.457 e. The van der Waals surface area contributed by atoms with E-state index in [1.807, 2.05) is 42.2 Å². The van der Waals surface area contributed by atoms with Gasteiger partial charge in [-0.3, -0.25) is 4.79 Å². The second-order valence-corrected chi connectivity index (χ2v) is 11.6. The number of piperazine rings is 1. The first-order chi connectivity index (χ1) is 20.5. The number of benzene rings is 2. The van der Waals surface area contributed by atoms with Crippen molar-refractivity contribution in [1.29, 1.82) is 0 Å². The highest BCUT2D eigenvalue weighted by molar-refractivity contribution is 9.10. The van der Waals surface area contributed by atoms with E-state index in [1.54, 1.807) is 0 Å². The van der Waals surface area contributed by atoms with Gasteiger partial charge in [-0.25, -0.2) is 4.58 Å². The molecule has 2 aromatic rings. The Kier molecular flexibility index (Phi) is 11.2. The number of hydrogen-bond acceptors (Lipinski definition) is 2. The van der Waals surface area contributed by atoms with Crippen molar-refractivity contribution in [2.45, 2.75) is 13.3 Å². The molecule has 5 rings (SSSR count). The fourth-order valence-corrected chi connectivity index (χ4v) is 5.43. The van der Waals surface area contributed by atoms with E-state index in [0.29, 0.717) is 6.42 Å². The molecule has 1 saturated heterocycles. The summed E-state index contributed by atoms with van der Waals surface area (Å²) in [6, 6.07) is 16.4. The van der Waals surface area contributed by atoms with Crippen molar-refractivity contribution in [3.05, 3.63) is 129 Å². The van der Waals surface area contributed by atoms with Gasteiger partial charge >= 0.3 is 7.25 Å². The van der Waals surface area contributed by atoms with Gasteiger partial charge in [0.2, 0.25) is 5.91 Å². The zero-order valence-electron chi connectivity index (χ0n) is 23.3. The monoisotopic (exact) mass is 718 g/mol. The van der Waals surface area contributed by atoms with Crippen LogP contribution < -0.4 is 0 Å². The van der Waals surface area contributed by atoms with Gasteiger partial charge in [-0.2, -0.15) is 0 Å². The van der Waals surface area contributed by atoms with Crippen molar-refractivity contribution in [3.8, 4) is 0 Å². The SMILES string of the molecule is CCC(=O)N1CC[N+](=C2C=CC(=CC=C3C=C(c4cccc(Br)c4)C=C(c4cccc(Br)c4)O3)C=C2)CC1.F[B-](F)(F)F. The van der Waals surface area contributed by atoms with Crippen molar-refractivity contribution in [3.63, 3.8) is 0 Å². The highest BCUT2D eigenvalue weighted by Crippen LogP contribution is 2.33. The molecule has 4 nitrogen and oxygen atoms in total. The zero-order valence-corrected chi connectivity index (χ0v) is 26.5. The minimum atomic E-state index is -6.00. The number of halogens is 6. The number of carbonyl (C=O) groups is 1. The Bertz CT molecular complexity index is 1560. The van der Waals surface area contributed by atoms with Crippen LogP contribution in [0, 0.1) is 0 Å². The van der Waals surface area contributed by atoms with Crippen molar-refractivity contribution < 1.29 is 31.4 Å². The Morgan fingerprint density at radius 3 is 2.07 bits per heavy atom. The molecule has 224 valence electrons. The Hall–Kier alpha value is -3.44. The largest absolute Gasteiger partial charge is 0.673 e. The van der Waals surface area contributed by atoms with Gasteiger partial charge in [0.25, 0.3) is 0 Å². The molecule has 2 heterocycles. The number of hydrogen-bond donors (Lipinski definition) is 0. The molecule has 0 spiro atoms. The number of allylic oxidation sites excluding steroid dienone is 10. The van der Waals surface area contributed by atoms with Crippen LogP contribution in [-0.2, 0) is 9.53 Å². The van der Waals surface area contributed by atoms with Crippen LogP contribution in [0.15, 0.2) is 117 Å². The van der Waals surface area contributed by atoms with Gasteiger partial charge in [-0.1, -0.05) is 69.1 Å². The highest BCUT2D eigenvalue weighted by atomic mass is 79.9. The van der Waals surface area contributed by atoms with E-state index in [1.165, 1.54) is 5.71 Å². The molecule has 0 unspecified atom stereocenters. The summed E-state index contributed by atoms with van der Waals surface area (Å²) in [5.41, 5.74) is 5.50. The first-order valence-corrected chi connectivity index (χ1v) is 15.3. The van der Waals surface area contributed by atoms with Gasteiger partial charge in [0.15, 0.2) is 18.8 Å². The van der Waals surface area contributed by atoms with E-state index in [-0.39, 0.29) is 5.91 Å². The third-order valence-electron chi connectivity index (χ3n) is 6.71. The van der Waals surface area contributed by atoms with Crippen molar-refractivity contribution in [2.24, 2.45) is 0 Å². The predicted molar refractivity (Wildman–Crippen MR) is 172 cm³/mol. The van der Waals surface area contributed by atoms with Crippen molar-refractivity contribution in [2.75, 3.05) is 26.2 Å². The van der Waals surface area contributed by atoms with Crippen LogP contribution >= 0.6 is 31.9 Å². The molecule has 2 aliphatic heterocycles. The lowest BCUT2D eigenvalue weighted by molar-refractivity contribution is -0.536. The molecule has 1 fully saturated rings. The van der Waals surface area contributed by atoms with Gasteiger partial charge in [0.1, 0.15) is 11.5 Å². The van der Waals surface area contributed by atoms with Crippen LogP contribution in [0.5, 0.6) is 0 Å². The van der Waals surface area contributed by atoms with Gasteiger partial charge < -0.3 is 26.9 Å². The Morgan fingerprint density at radius 2 is 1.49 bits per heavy atom. The fraction of sp³-hybridized carbons (Fsp3) is 0.188. The fourth-order valence-electron chi connectivity index (χ4n) is 4.64. The second-order valence-electron chi connectivity index (χ2n) is 9.77. The van der Waals surface area contributed by atoms with E-state index in [2.05, 4.69) is 103 Å². The van der Waals surface area contributed by atoms with Crippen molar-refractivity contribution in [1.82, 2.24) is 4.90 Å². The molecule has 1 aliphatic carbocycles. The topological polar surface area (TPSA) is 32.5 Å². The van der Waals surface area contributed by atoms with Crippen LogP contribution in [0.2, 0.25) is 0 Å². The standard InChI is InChI=1S/C32H29Br2N2O2.BF4/c1-2-32(37)36-17-15-35(16-18-36)29-12-9-23(10-13-29)11-14-30-21-26(24-5-3-7-27(33)19-24)22-31(38-30)25-6-4-8-28(34)20-25;2-1(3,4)5/h3-14,19-22H,2,15-18H2,1H3;/q+1;-1. The lowest BCUT2D eigenvalue weighted by atomic mass is 10.0. The summed E-state index contributed by atoms with van der Waals surface area (Å²) < 4.78 is 49.7. The maximum absolute atomic E-state index is 12.0. The van der Waals surface area contributed by atoms with E-state index < -0.39 is 7.25 Å². The van der Waals surface area contributed by atoms with Crippen LogP contribution in [0.4, 0.5) is 17.3 Å². The third kappa shape index (κ3) is 10.1. The number of amides is 1. The highest BCUT2D eigenvalue weighted by Gasteiger charge is 2.24. The first-order valence-electron chi connectivity index (χ1n) is 13.7. The molecule has 0 aromatic heterocycles. The molecule has 0 atom stereocenters. The zero-order chi connectivity index (χ0) is 31.0. The van der Waals surface area contributed by atoms with Gasteiger partial charge in [0.05, 0.1) is 13.1 Å². The maximum Gasteiger partial charge on any atom is 0.673 e. The minimum Gasteiger partial charge on any atom is -0.457 e. The summed E-state index contributed by atoms with van der Waals surface area (Å²) in [6.45, 7) is 5.21. The predicted octanol–water partition coefficient (Wildman–Crippen LogP) is 8.61. The second kappa shape index (κ2) is 14.8. The third-order valence-corrected chi connectivity index (χ3v) is 7.70. The molecule has 2 aromatic carbocycles. The van der Waals surface area contributed by atoms with E-state index in [4.69, 9.17) is 4.74 Å². The van der Waals surface area contributed by atoms with Crippen LogP contribution in [0.1, 0.15) is 24.5 Å². The normalized spacial score (nSPS) is 17.6. The van der Waals surface area contributed by atoms with E-state index >= 15 is 0 Å². The van der Waals surface area contributed by atoms with Gasteiger partial charge in [0, 0.05) is 33.1 Å². The lowest BCUT2D eigenvalue weighted by Gasteiger charge is -2.25. The average Bonchev–Trinajstić information content (AvgIpc) is 2.99. The van der Waals surface area contributed by atoms with Gasteiger partial charge in [-0.05, 0) is 71.4 Å². The molecule has 11 heteroatoms. The van der Waals surface area contributed by atoms with Crippen LogP contribution in [0.3, 0.4) is 0 Å². The Balaban J connectivity index is 0.000000782. The maximum atomic E-state index is 12.0. The molecule has 0 bridgehead atoms. The molecule has 0 N–H and O–H groups in total. The molecular formula is C32H29BBr2F4N2O2. The number of nitrogens with zero attached hydrogens (tertiary/aromatic N) is 2. The molecular weight excluding hydrogens is 691 g/mol. The number of ether oxygens (including phenoxy) is 1. The summed E-state index contributed by atoms with van der Waals surface area (Å²) in [7, 11) is -6.00. The van der Waals surface area contributed by atoms with Gasteiger partial charge in [-0.15, -0.1) is 0 Å². The van der Waals surface area contributed by atoms with Crippen LogP contribution in [0.25, 0.3) is 11.3 Å². The summed E-state index contributed by atoms with van der Waals surface area (Å²) in [5, 5.41) is 0. The molecule has 0 saturated carbocycles. The summed E-state index contributed by atoms with van der Waals surface area (Å²) in [6.07, 6.45) is 17.4. The lowest BCUT2D eigenvalue weighted by Crippen LogP contribution is -2.46. The number of carbonyl (C=O) groups excluding carboxylic acids is 1. The average molecular weight is 720 g/mol.